The first kappa shape index (κ1) is 12.6. The highest BCUT2D eigenvalue weighted by molar-refractivity contribution is 7.97. The first-order valence-electron chi connectivity index (χ1n) is 5.38. The Kier molecular flexibility index (Phi) is 4.32. The second kappa shape index (κ2) is 6.18. The topological polar surface area (TPSA) is 83.8 Å². The summed E-state index contributed by atoms with van der Waals surface area (Å²) in [6.45, 7) is 0.707. The Morgan fingerprint density at radius 2 is 2.28 bits per heavy atom. The van der Waals surface area contributed by atoms with Crippen molar-refractivity contribution in [1.29, 1.82) is 0 Å². The van der Waals surface area contributed by atoms with Crippen molar-refractivity contribution < 1.29 is 4.92 Å². The van der Waals surface area contributed by atoms with Crippen LogP contribution < -0.4 is 4.72 Å². The van der Waals surface area contributed by atoms with Gasteiger partial charge in [0, 0.05) is 30.9 Å². The molecule has 0 fully saturated rings. The summed E-state index contributed by atoms with van der Waals surface area (Å²) in [5, 5.41) is 10.8. The number of benzene rings is 1. The number of rotatable bonds is 6. The summed E-state index contributed by atoms with van der Waals surface area (Å²) < 4.78 is 3.10. The second-order valence-corrected chi connectivity index (χ2v) is 4.48. The highest BCUT2D eigenvalue weighted by Crippen LogP contribution is 2.26. The smallest absolute Gasteiger partial charge is 0.284 e. The van der Waals surface area contributed by atoms with Crippen molar-refractivity contribution in [1.82, 2.24) is 14.7 Å². The molecule has 0 spiro atoms. The van der Waals surface area contributed by atoms with Gasteiger partial charge in [0.1, 0.15) is 4.90 Å². The number of aromatic nitrogens is 2. The van der Waals surface area contributed by atoms with E-state index in [2.05, 4.69) is 14.7 Å². The maximum atomic E-state index is 10.8. The summed E-state index contributed by atoms with van der Waals surface area (Å²) in [6, 6.07) is 6.67. The number of imidazole rings is 1. The van der Waals surface area contributed by atoms with E-state index in [-0.39, 0.29) is 10.6 Å². The third-order valence-corrected chi connectivity index (χ3v) is 3.21. The number of hydrogen-bond donors (Lipinski definition) is 2. The molecule has 2 aromatic rings. The van der Waals surface area contributed by atoms with Gasteiger partial charge in [-0.05, 0) is 18.0 Å². The number of nitro groups is 1. The molecule has 0 aliphatic carbocycles. The van der Waals surface area contributed by atoms with E-state index in [4.69, 9.17) is 0 Å². The summed E-state index contributed by atoms with van der Waals surface area (Å²) in [5.41, 5.74) is 1.15. The van der Waals surface area contributed by atoms with E-state index in [1.807, 2.05) is 0 Å². The first-order chi connectivity index (χ1) is 8.77. The average molecular weight is 264 g/mol. The van der Waals surface area contributed by atoms with Crippen LogP contribution in [0.2, 0.25) is 0 Å². The van der Waals surface area contributed by atoms with Crippen LogP contribution in [-0.2, 0) is 6.42 Å². The van der Waals surface area contributed by atoms with Crippen molar-refractivity contribution in [3.05, 3.63) is 52.6 Å². The molecule has 0 amide bonds. The molecule has 0 saturated carbocycles. The van der Waals surface area contributed by atoms with Gasteiger partial charge >= 0.3 is 0 Å². The molecular weight excluding hydrogens is 252 g/mol. The molecule has 94 valence electrons. The van der Waals surface area contributed by atoms with Crippen LogP contribution in [0.1, 0.15) is 5.69 Å². The monoisotopic (exact) mass is 264 g/mol. The standard InChI is InChI=1S/C11H12N4O2S/c16-15(17)10-3-1-2-4-11(10)18-14-6-5-9-7-12-8-13-9/h1-4,7-8,14H,5-6H2,(H,12,13). The third-order valence-electron chi connectivity index (χ3n) is 2.30. The average Bonchev–Trinajstić information content (AvgIpc) is 2.88. The SMILES string of the molecule is O=[N+]([O-])c1ccccc1SNCCc1cnc[nH]1. The molecule has 1 heterocycles. The van der Waals surface area contributed by atoms with Crippen molar-refractivity contribution in [3.8, 4) is 0 Å². The van der Waals surface area contributed by atoms with E-state index < -0.39 is 0 Å². The molecule has 1 aromatic heterocycles. The van der Waals surface area contributed by atoms with Gasteiger partial charge in [-0.1, -0.05) is 12.1 Å². The zero-order valence-electron chi connectivity index (χ0n) is 9.50. The molecule has 0 saturated heterocycles. The van der Waals surface area contributed by atoms with Gasteiger partial charge < -0.3 is 4.98 Å². The van der Waals surface area contributed by atoms with Crippen LogP contribution in [0.15, 0.2) is 41.7 Å². The van der Waals surface area contributed by atoms with Crippen LogP contribution in [0.25, 0.3) is 0 Å². The highest BCUT2D eigenvalue weighted by atomic mass is 32.2. The van der Waals surface area contributed by atoms with Gasteiger partial charge in [-0.25, -0.2) is 4.98 Å². The van der Waals surface area contributed by atoms with Crippen molar-refractivity contribution >= 4 is 17.6 Å². The van der Waals surface area contributed by atoms with E-state index in [0.717, 1.165) is 12.1 Å². The fourth-order valence-electron chi connectivity index (χ4n) is 1.43. The van der Waals surface area contributed by atoms with Crippen LogP contribution in [0.5, 0.6) is 0 Å². The molecule has 7 heteroatoms. The van der Waals surface area contributed by atoms with E-state index in [9.17, 15) is 10.1 Å². The molecule has 18 heavy (non-hydrogen) atoms. The summed E-state index contributed by atoms with van der Waals surface area (Å²) >= 11 is 1.27. The molecule has 1 aromatic carbocycles. The minimum absolute atomic E-state index is 0.122. The molecule has 0 radical (unpaired) electrons. The number of nitrogens with zero attached hydrogens (tertiary/aromatic N) is 2. The Bertz CT molecular complexity index is 516. The van der Waals surface area contributed by atoms with Gasteiger partial charge in [-0.15, -0.1) is 0 Å². The molecule has 0 aliphatic rings. The number of hydrogen-bond acceptors (Lipinski definition) is 5. The van der Waals surface area contributed by atoms with E-state index in [1.54, 1.807) is 30.7 Å². The fourth-order valence-corrected chi connectivity index (χ4v) is 2.18. The zero-order valence-corrected chi connectivity index (χ0v) is 10.3. The number of H-pyrrole nitrogens is 1. The maximum absolute atomic E-state index is 10.8. The first-order valence-corrected chi connectivity index (χ1v) is 6.19. The predicted octanol–water partition coefficient (Wildman–Crippen LogP) is 2.16. The van der Waals surface area contributed by atoms with Crippen molar-refractivity contribution in [3.63, 3.8) is 0 Å². The number of nitrogens with one attached hydrogen (secondary N) is 2. The molecule has 2 rings (SSSR count). The van der Waals surface area contributed by atoms with Gasteiger partial charge in [0.05, 0.1) is 11.3 Å². The Hall–Kier alpha value is -1.86. The van der Waals surface area contributed by atoms with Gasteiger partial charge in [-0.3, -0.25) is 14.8 Å². The Labute approximate surface area is 108 Å². The molecule has 2 N–H and O–H groups in total. The van der Waals surface area contributed by atoms with Gasteiger partial charge in [-0.2, -0.15) is 0 Å². The minimum atomic E-state index is -0.376. The lowest BCUT2D eigenvalue weighted by atomic mass is 10.3. The zero-order chi connectivity index (χ0) is 12.8. The normalized spacial score (nSPS) is 10.4. The lowest BCUT2D eigenvalue weighted by Gasteiger charge is -2.03. The minimum Gasteiger partial charge on any atom is -0.348 e. The number of para-hydroxylation sites is 1. The molecular formula is C11H12N4O2S. The molecule has 0 aliphatic heterocycles. The quantitative estimate of drug-likeness (QED) is 0.361. The summed E-state index contributed by atoms with van der Waals surface area (Å²) in [7, 11) is 0. The second-order valence-electron chi connectivity index (χ2n) is 3.55. The third kappa shape index (κ3) is 3.31. The summed E-state index contributed by atoms with van der Waals surface area (Å²) in [5.74, 6) is 0. The van der Waals surface area contributed by atoms with Gasteiger partial charge in [0.15, 0.2) is 0 Å². The predicted molar refractivity (Wildman–Crippen MR) is 69.2 cm³/mol. The molecule has 0 atom stereocenters. The van der Waals surface area contributed by atoms with E-state index >= 15 is 0 Å². The Morgan fingerprint density at radius 3 is 3.00 bits per heavy atom. The van der Waals surface area contributed by atoms with Crippen LogP contribution in [0.4, 0.5) is 5.69 Å². The van der Waals surface area contributed by atoms with E-state index in [1.165, 1.54) is 18.0 Å². The molecule has 0 bridgehead atoms. The fraction of sp³-hybridized carbons (Fsp3) is 0.182. The van der Waals surface area contributed by atoms with Gasteiger partial charge in [0.25, 0.3) is 5.69 Å². The van der Waals surface area contributed by atoms with Crippen molar-refractivity contribution in [2.24, 2.45) is 0 Å². The van der Waals surface area contributed by atoms with E-state index in [0.29, 0.717) is 11.4 Å². The number of nitro benzene ring substituents is 1. The summed E-state index contributed by atoms with van der Waals surface area (Å²) in [6.07, 6.45) is 4.19. The lowest BCUT2D eigenvalue weighted by Crippen LogP contribution is -2.09. The lowest BCUT2D eigenvalue weighted by molar-refractivity contribution is -0.387. The Balaban J connectivity index is 1.85. The van der Waals surface area contributed by atoms with Crippen molar-refractivity contribution in [2.45, 2.75) is 11.3 Å². The number of aromatic amines is 1. The van der Waals surface area contributed by atoms with Crippen LogP contribution in [0, 0.1) is 10.1 Å². The van der Waals surface area contributed by atoms with Crippen molar-refractivity contribution in [2.75, 3.05) is 6.54 Å². The van der Waals surface area contributed by atoms with Crippen LogP contribution in [0.3, 0.4) is 0 Å². The molecule has 6 nitrogen and oxygen atoms in total. The summed E-state index contributed by atoms with van der Waals surface area (Å²) in [4.78, 5) is 17.9. The molecule has 0 unspecified atom stereocenters. The van der Waals surface area contributed by atoms with Crippen LogP contribution >= 0.6 is 11.9 Å². The van der Waals surface area contributed by atoms with Gasteiger partial charge in [0.2, 0.25) is 0 Å². The maximum Gasteiger partial charge on any atom is 0.284 e. The Morgan fingerprint density at radius 1 is 1.44 bits per heavy atom. The largest absolute Gasteiger partial charge is 0.348 e. The highest BCUT2D eigenvalue weighted by Gasteiger charge is 2.12. The van der Waals surface area contributed by atoms with Crippen LogP contribution in [-0.4, -0.2) is 21.4 Å².